The molecule has 0 radical (unpaired) electrons. The number of hydrogen-bond acceptors (Lipinski definition) is 6. The molecule has 0 rings (SSSR count). The van der Waals surface area contributed by atoms with Gasteiger partial charge in [0.1, 0.15) is 13.2 Å². The van der Waals surface area contributed by atoms with E-state index in [-0.39, 0.29) is 31.1 Å². The van der Waals surface area contributed by atoms with Gasteiger partial charge in [0.2, 0.25) is 0 Å². The predicted octanol–water partition coefficient (Wildman–Crippen LogP) is 23.7. The number of esters is 3. The molecule has 6 nitrogen and oxygen atoms in total. The third kappa shape index (κ3) is 64.2. The van der Waals surface area contributed by atoms with Gasteiger partial charge in [-0.05, 0) is 103 Å². The third-order valence-electron chi connectivity index (χ3n) is 15.5. The summed E-state index contributed by atoms with van der Waals surface area (Å²) < 4.78 is 16.9. The van der Waals surface area contributed by atoms with Crippen LogP contribution in [0.3, 0.4) is 0 Å². The van der Waals surface area contributed by atoms with E-state index in [2.05, 4.69) is 69.4 Å². The molecule has 0 bridgehead atoms. The SMILES string of the molecule is CCCCC/C=C\C/C=C\CCCCCCCC(=O)OCC(COC(=O)CCCCCCCCCCCCCCCCCCC/C=C\CCCCCCCCCC)OC(=O)CCCCCCC/C=C\CCCCCCCCC. The first-order chi connectivity index (χ1) is 38.5. The third-order valence-corrected chi connectivity index (χ3v) is 15.5. The standard InChI is InChI=1S/C72H132O6/c1-4-7-10-13-16-19-22-25-28-30-31-32-33-34-35-36-37-38-39-40-41-42-45-47-50-53-56-59-62-65-71(74)77-68-69(67-76-70(73)64-61-58-55-52-49-46-43-27-24-21-18-15-12-9-6-3)78-72(75)66-63-60-57-54-51-48-44-29-26-23-20-17-14-11-8-5-2/h18,21,27,29-31,43-44,69H,4-17,19-20,22-26,28,32-42,45-68H2,1-3H3/b21-18-,31-30-,43-27-,44-29-. The van der Waals surface area contributed by atoms with Crippen molar-refractivity contribution < 1.29 is 28.6 Å². The fourth-order valence-electron chi connectivity index (χ4n) is 10.3. The first kappa shape index (κ1) is 75.4. The second-order valence-corrected chi connectivity index (χ2v) is 23.4. The highest BCUT2D eigenvalue weighted by atomic mass is 16.6. The second-order valence-electron chi connectivity index (χ2n) is 23.4. The monoisotopic (exact) mass is 1090 g/mol. The molecule has 0 aromatic heterocycles. The van der Waals surface area contributed by atoms with Crippen molar-refractivity contribution in [2.24, 2.45) is 0 Å². The van der Waals surface area contributed by atoms with Gasteiger partial charge in [0.05, 0.1) is 0 Å². The summed E-state index contributed by atoms with van der Waals surface area (Å²) in [5.41, 5.74) is 0. The Morgan fingerprint density at radius 3 is 0.744 bits per heavy atom. The molecular weight excluding hydrogens is 961 g/mol. The van der Waals surface area contributed by atoms with E-state index in [0.717, 1.165) is 83.5 Å². The molecule has 0 aliphatic rings. The molecule has 0 fully saturated rings. The van der Waals surface area contributed by atoms with E-state index in [0.29, 0.717) is 19.3 Å². The first-order valence-corrected chi connectivity index (χ1v) is 34.6. The van der Waals surface area contributed by atoms with Crippen LogP contribution >= 0.6 is 0 Å². The maximum Gasteiger partial charge on any atom is 0.306 e. The average Bonchev–Trinajstić information content (AvgIpc) is 3.44. The number of ether oxygens (including phenoxy) is 3. The van der Waals surface area contributed by atoms with Crippen molar-refractivity contribution in [2.75, 3.05) is 13.2 Å². The van der Waals surface area contributed by atoms with Crippen LogP contribution in [0.4, 0.5) is 0 Å². The summed E-state index contributed by atoms with van der Waals surface area (Å²) in [5.74, 6) is -0.878. The smallest absolute Gasteiger partial charge is 0.306 e. The molecule has 456 valence electrons. The summed E-state index contributed by atoms with van der Waals surface area (Å²) in [6.07, 6.45) is 84.3. The first-order valence-electron chi connectivity index (χ1n) is 34.6. The highest BCUT2D eigenvalue weighted by molar-refractivity contribution is 5.71. The molecule has 0 spiro atoms. The summed E-state index contributed by atoms with van der Waals surface area (Å²) in [5, 5.41) is 0. The van der Waals surface area contributed by atoms with Crippen LogP contribution in [0, 0.1) is 0 Å². The lowest BCUT2D eigenvalue weighted by molar-refractivity contribution is -0.167. The van der Waals surface area contributed by atoms with Gasteiger partial charge in [-0.25, -0.2) is 0 Å². The van der Waals surface area contributed by atoms with Crippen LogP contribution in [0.25, 0.3) is 0 Å². The molecule has 0 amide bonds. The summed E-state index contributed by atoms with van der Waals surface area (Å²) in [4.78, 5) is 38.4. The molecule has 0 N–H and O–H groups in total. The largest absolute Gasteiger partial charge is 0.462 e. The van der Waals surface area contributed by atoms with Crippen molar-refractivity contribution in [3.8, 4) is 0 Å². The molecule has 1 unspecified atom stereocenters. The number of allylic oxidation sites excluding steroid dienone is 8. The molecule has 0 aliphatic carbocycles. The zero-order valence-electron chi connectivity index (χ0n) is 52.5. The normalized spacial score (nSPS) is 12.3. The highest BCUT2D eigenvalue weighted by Gasteiger charge is 2.19. The summed E-state index contributed by atoms with van der Waals surface area (Å²) in [6.45, 7) is 6.65. The van der Waals surface area contributed by atoms with Crippen molar-refractivity contribution in [3.63, 3.8) is 0 Å². The molecule has 0 heterocycles. The van der Waals surface area contributed by atoms with Gasteiger partial charge in [-0.3, -0.25) is 14.4 Å². The minimum Gasteiger partial charge on any atom is -0.462 e. The van der Waals surface area contributed by atoms with Crippen LogP contribution in [0.15, 0.2) is 48.6 Å². The molecule has 0 saturated carbocycles. The van der Waals surface area contributed by atoms with Gasteiger partial charge in [0, 0.05) is 19.3 Å². The van der Waals surface area contributed by atoms with Crippen LogP contribution in [-0.2, 0) is 28.6 Å². The highest BCUT2D eigenvalue weighted by Crippen LogP contribution is 2.18. The van der Waals surface area contributed by atoms with E-state index in [1.807, 2.05) is 0 Å². The minimum absolute atomic E-state index is 0.0776. The fraction of sp³-hybridized carbons (Fsp3) is 0.847. The van der Waals surface area contributed by atoms with Crippen molar-refractivity contribution in [2.45, 2.75) is 380 Å². The van der Waals surface area contributed by atoms with Crippen LogP contribution in [0.2, 0.25) is 0 Å². The zero-order chi connectivity index (χ0) is 56.4. The lowest BCUT2D eigenvalue weighted by Crippen LogP contribution is -2.30. The number of rotatable bonds is 64. The van der Waals surface area contributed by atoms with Crippen molar-refractivity contribution in [1.29, 1.82) is 0 Å². The summed E-state index contributed by atoms with van der Waals surface area (Å²) in [7, 11) is 0. The van der Waals surface area contributed by atoms with E-state index in [1.165, 1.54) is 250 Å². The van der Waals surface area contributed by atoms with Crippen LogP contribution in [0.1, 0.15) is 374 Å². The van der Waals surface area contributed by atoms with Gasteiger partial charge in [0.15, 0.2) is 6.10 Å². The number of hydrogen-bond donors (Lipinski definition) is 0. The van der Waals surface area contributed by atoms with E-state index in [9.17, 15) is 14.4 Å². The van der Waals surface area contributed by atoms with Crippen molar-refractivity contribution in [1.82, 2.24) is 0 Å². The Bertz CT molecular complexity index is 1350. The molecule has 6 heteroatoms. The molecule has 0 saturated heterocycles. The molecule has 0 aliphatic heterocycles. The van der Waals surface area contributed by atoms with Gasteiger partial charge in [-0.15, -0.1) is 0 Å². The minimum atomic E-state index is -0.783. The molecule has 0 aromatic carbocycles. The lowest BCUT2D eigenvalue weighted by atomic mass is 10.0. The van der Waals surface area contributed by atoms with E-state index in [4.69, 9.17) is 14.2 Å². The predicted molar refractivity (Wildman–Crippen MR) is 339 cm³/mol. The van der Waals surface area contributed by atoms with E-state index < -0.39 is 6.10 Å². The second kappa shape index (κ2) is 66.9. The maximum absolute atomic E-state index is 12.9. The fourth-order valence-corrected chi connectivity index (χ4v) is 10.3. The summed E-state index contributed by atoms with van der Waals surface area (Å²) >= 11 is 0. The Morgan fingerprint density at radius 1 is 0.256 bits per heavy atom. The Labute approximate surface area is 486 Å². The molecule has 78 heavy (non-hydrogen) atoms. The Morgan fingerprint density at radius 2 is 0.462 bits per heavy atom. The van der Waals surface area contributed by atoms with E-state index >= 15 is 0 Å². The Balaban J connectivity index is 4.21. The van der Waals surface area contributed by atoms with Crippen molar-refractivity contribution >= 4 is 17.9 Å². The van der Waals surface area contributed by atoms with Gasteiger partial charge < -0.3 is 14.2 Å². The van der Waals surface area contributed by atoms with Crippen molar-refractivity contribution in [3.05, 3.63) is 48.6 Å². The number of carbonyl (C=O) groups excluding carboxylic acids is 3. The van der Waals surface area contributed by atoms with Gasteiger partial charge in [0.25, 0.3) is 0 Å². The number of carbonyl (C=O) groups is 3. The van der Waals surface area contributed by atoms with Gasteiger partial charge in [-0.1, -0.05) is 301 Å². The van der Waals surface area contributed by atoms with E-state index in [1.54, 1.807) is 0 Å². The Hall–Kier alpha value is -2.63. The average molecular weight is 1090 g/mol. The van der Waals surface area contributed by atoms with Crippen LogP contribution in [0.5, 0.6) is 0 Å². The molecular formula is C72H132O6. The lowest BCUT2D eigenvalue weighted by Gasteiger charge is -2.18. The zero-order valence-corrected chi connectivity index (χ0v) is 52.5. The van der Waals surface area contributed by atoms with Gasteiger partial charge in [-0.2, -0.15) is 0 Å². The quantitative estimate of drug-likeness (QED) is 0.0261. The molecule has 0 aromatic rings. The number of unbranched alkanes of at least 4 members (excludes halogenated alkanes) is 45. The summed E-state index contributed by atoms with van der Waals surface area (Å²) in [6, 6.07) is 0. The molecule has 1 atom stereocenters. The van der Waals surface area contributed by atoms with Gasteiger partial charge >= 0.3 is 17.9 Å². The maximum atomic E-state index is 12.9. The van der Waals surface area contributed by atoms with Crippen LogP contribution in [-0.4, -0.2) is 37.2 Å². The van der Waals surface area contributed by atoms with Crippen LogP contribution < -0.4 is 0 Å². The Kier molecular flexibility index (Phi) is 64.6. The topological polar surface area (TPSA) is 78.9 Å².